The molecular formula is C15H21NO4S. The molecule has 1 aromatic carbocycles. The van der Waals surface area contributed by atoms with Crippen molar-refractivity contribution in [3.05, 3.63) is 29.8 Å². The Hall–Kier alpha value is -1.24. The lowest BCUT2D eigenvalue weighted by atomic mass is 10.1. The van der Waals surface area contributed by atoms with Gasteiger partial charge in [-0.05, 0) is 31.4 Å². The molecule has 2 rings (SSSR count). The zero-order valence-electron chi connectivity index (χ0n) is 12.3. The number of ketones is 1. The molecule has 21 heavy (non-hydrogen) atoms. The number of nitrogens with one attached hydrogen (secondary N) is 1. The van der Waals surface area contributed by atoms with Crippen molar-refractivity contribution in [1.82, 2.24) is 4.72 Å². The summed E-state index contributed by atoms with van der Waals surface area (Å²) in [5.41, 5.74) is 0.432. The van der Waals surface area contributed by atoms with Gasteiger partial charge in [0.2, 0.25) is 10.0 Å². The second-order valence-corrected chi connectivity index (χ2v) is 7.01. The van der Waals surface area contributed by atoms with Gasteiger partial charge in [0.05, 0.1) is 11.0 Å². The average molecular weight is 311 g/mol. The van der Waals surface area contributed by atoms with E-state index in [9.17, 15) is 13.2 Å². The lowest BCUT2D eigenvalue weighted by Gasteiger charge is -2.14. The Kier molecular flexibility index (Phi) is 5.13. The van der Waals surface area contributed by atoms with Crippen LogP contribution in [0.4, 0.5) is 0 Å². The van der Waals surface area contributed by atoms with E-state index in [1.165, 1.54) is 12.1 Å². The first-order valence-corrected chi connectivity index (χ1v) is 8.63. The summed E-state index contributed by atoms with van der Waals surface area (Å²) in [6, 6.07) is 6.09. The van der Waals surface area contributed by atoms with Gasteiger partial charge in [0.15, 0.2) is 5.78 Å². The van der Waals surface area contributed by atoms with Crippen molar-refractivity contribution >= 4 is 15.8 Å². The lowest BCUT2D eigenvalue weighted by Crippen LogP contribution is -2.33. The number of carbonyl (C=O) groups excluding carboxylic acids is 1. The number of ether oxygens (including phenoxy) is 1. The molecule has 1 aliphatic rings. The molecule has 2 unspecified atom stereocenters. The van der Waals surface area contributed by atoms with E-state index in [2.05, 4.69) is 4.72 Å². The molecular weight excluding hydrogens is 290 g/mol. The summed E-state index contributed by atoms with van der Waals surface area (Å²) in [5.74, 6) is -0.0626. The number of benzene rings is 1. The van der Waals surface area contributed by atoms with Gasteiger partial charge in [-0.1, -0.05) is 19.1 Å². The molecule has 0 amide bonds. The second-order valence-electron chi connectivity index (χ2n) is 5.29. The quantitative estimate of drug-likeness (QED) is 0.817. The van der Waals surface area contributed by atoms with Gasteiger partial charge in [-0.25, -0.2) is 13.1 Å². The molecule has 0 aliphatic heterocycles. The Balaban J connectivity index is 2.14. The molecule has 1 fully saturated rings. The zero-order chi connectivity index (χ0) is 15.5. The summed E-state index contributed by atoms with van der Waals surface area (Å²) in [6.07, 6.45) is 2.78. The van der Waals surface area contributed by atoms with Crippen LogP contribution in [0, 0.1) is 0 Å². The minimum absolute atomic E-state index is 0.0626. The number of rotatable bonds is 6. The third kappa shape index (κ3) is 3.90. The second kappa shape index (κ2) is 6.68. The summed E-state index contributed by atoms with van der Waals surface area (Å²) < 4.78 is 32.7. The smallest absolute Gasteiger partial charge is 0.240 e. The minimum atomic E-state index is -3.60. The van der Waals surface area contributed by atoms with Gasteiger partial charge in [-0.3, -0.25) is 4.79 Å². The molecule has 0 saturated heterocycles. The number of hydrogen-bond acceptors (Lipinski definition) is 4. The number of carbonyl (C=O) groups is 1. The molecule has 0 aromatic heterocycles. The van der Waals surface area contributed by atoms with Gasteiger partial charge in [0.25, 0.3) is 0 Å². The average Bonchev–Trinajstić information content (AvgIpc) is 2.93. The van der Waals surface area contributed by atoms with E-state index in [0.29, 0.717) is 18.4 Å². The zero-order valence-corrected chi connectivity index (χ0v) is 13.2. The van der Waals surface area contributed by atoms with E-state index in [1.54, 1.807) is 26.2 Å². The molecule has 5 nitrogen and oxygen atoms in total. The molecule has 0 radical (unpaired) electrons. The van der Waals surface area contributed by atoms with Crippen molar-refractivity contribution < 1.29 is 17.9 Å². The summed E-state index contributed by atoms with van der Waals surface area (Å²) >= 11 is 0. The molecule has 6 heteroatoms. The van der Waals surface area contributed by atoms with Crippen molar-refractivity contribution in [3.8, 4) is 0 Å². The first kappa shape index (κ1) is 16.1. The van der Waals surface area contributed by atoms with E-state index in [4.69, 9.17) is 4.74 Å². The van der Waals surface area contributed by atoms with E-state index < -0.39 is 10.0 Å². The fourth-order valence-electron chi connectivity index (χ4n) is 2.59. The van der Waals surface area contributed by atoms with Crippen LogP contribution < -0.4 is 4.72 Å². The third-order valence-electron chi connectivity index (χ3n) is 3.83. The van der Waals surface area contributed by atoms with Crippen LogP contribution in [0.5, 0.6) is 0 Å². The molecule has 0 heterocycles. The van der Waals surface area contributed by atoms with Gasteiger partial charge in [-0.15, -0.1) is 0 Å². The Morgan fingerprint density at radius 1 is 1.38 bits per heavy atom. The summed E-state index contributed by atoms with van der Waals surface area (Å²) in [4.78, 5) is 11.8. The topological polar surface area (TPSA) is 72.5 Å². The predicted molar refractivity (Wildman–Crippen MR) is 79.8 cm³/mol. The van der Waals surface area contributed by atoms with Crippen LogP contribution in [0.25, 0.3) is 0 Å². The molecule has 1 saturated carbocycles. The Bertz CT molecular complexity index is 612. The van der Waals surface area contributed by atoms with Crippen molar-refractivity contribution in [2.75, 3.05) is 7.11 Å². The van der Waals surface area contributed by atoms with Crippen LogP contribution in [-0.2, 0) is 14.8 Å². The maximum atomic E-state index is 12.4. The highest BCUT2D eigenvalue weighted by Gasteiger charge is 2.28. The van der Waals surface area contributed by atoms with Crippen molar-refractivity contribution in [2.45, 2.75) is 49.6 Å². The maximum absolute atomic E-state index is 12.4. The molecule has 1 aromatic rings. The normalized spacial score (nSPS) is 22.4. The monoisotopic (exact) mass is 311 g/mol. The van der Waals surface area contributed by atoms with Crippen LogP contribution in [-0.4, -0.2) is 33.5 Å². The highest BCUT2D eigenvalue weighted by molar-refractivity contribution is 7.89. The summed E-state index contributed by atoms with van der Waals surface area (Å²) in [7, 11) is -1.96. The Morgan fingerprint density at radius 2 is 2.14 bits per heavy atom. The van der Waals surface area contributed by atoms with E-state index in [0.717, 1.165) is 12.8 Å². The molecule has 1 N–H and O–H groups in total. The van der Waals surface area contributed by atoms with Crippen LogP contribution in [0.2, 0.25) is 0 Å². The molecule has 0 spiro atoms. The Morgan fingerprint density at radius 3 is 2.76 bits per heavy atom. The van der Waals surface area contributed by atoms with Gasteiger partial charge in [0, 0.05) is 25.1 Å². The summed E-state index contributed by atoms with van der Waals surface area (Å²) in [6.45, 7) is 1.76. The lowest BCUT2D eigenvalue weighted by molar-refractivity contribution is 0.0988. The predicted octanol–water partition coefficient (Wildman–Crippen LogP) is 2.13. The molecule has 116 valence electrons. The SMILES string of the molecule is CCC(=O)c1cccc(S(=O)(=O)NC2CCC(OC)C2)c1. The van der Waals surface area contributed by atoms with E-state index in [-0.39, 0.29) is 22.8 Å². The molecule has 2 atom stereocenters. The number of methoxy groups -OCH3 is 1. The van der Waals surface area contributed by atoms with Crippen molar-refractivity contribution in [2.24, 2.45) is 0 Å². The van der Waals surface area contributed by atoms with Crippen molar-refractivity contribution in [1.29, 1.82) is 0 Å². The summed E-state index contributed by atoms with van der Waals surface area (Å²) in [5, 5.41) is 0. The number of sulfonamides is 1. The third-order valence-corrected chi connectivity index (χ3v) is 5.35. The number of hydrogen-bond donors (Lipinski definition) is 1. The van der Waals surface area contributed by atoms with Crippen LogP contribution >= 0.6 is 0 Å². The van der Waals surface area contributed by atoms with Crippen molar-refractivity contribution in [3.63, 3.8) is 0 Å². The minimum Gasteiger partial charge on any atom is -0.381 e. The largest absolute Gasteiger partial charge is 0.381 e. The molecule has 1 aliphatic carbocycles. The van der Waals surface area contributed by atoms with Gasteiger partial charge in [0.1, 0.15) is 0 Å². The highest BCUT2D eigenvalue weighted by Crippen LogP contribution is 2.23. The van der Waals surface area contributed by atoms with Gasteiger partial charge in [-0.2, -0.15) is 0 Å². The van der Waals surface area contributed by atoms with Crippen LogP contribution in [0.1, 0.15) is 43.0 Å². The first-order chi connectivity index (χ1) is 9.96. The van der Waals surface area contributed by atoms with Crippen LogP contribution in [0.3, 0.4) is 0 Å². The first-order valence-electron chi connectivity index (χ1n) is 7.14. The molecule has 0 bridgehead atoms. The van der Waals surface area contributed by atoms with E-state index >= 15 is 0 Å². The van der Waals surface area contributed by atoms with Gasteiger partial charge >= 0.3 is 0 Å². The maximum Gasteiger partial charge on any atom is 0.240 e. The Labute approximate surface area is 125 Å². The van der Waals surface area contributed by atoms with Crippen LogP contribution in [0.15, 0.2) is 29.2 Å². The highest BCUT2D eigenvalue weighted by atomic mass is 32.2. The number of Topliss-reactive ketones (excluding diaryl/α,β-unsaturated/α-hetero) is 1. The fraction of sp³-hybridized carbons (Fsp3) is 0.533. The van der Waals surface area contributed by atoms with E-state index in [1.807, 2.05) is 0 Å². The van der Waals surface area contributed by atoms with Gasteiger partial charge < -0.3 is 4.74 Å². The standard InChI is InChI=1S/C15H21NO4S/c1-3-15(17)11-5-4-6-14(9-11)21(18,19)16-12-7-8-13(10-12)20-2/h4-6,9,12-13,16H,3,7-8,10H2,1-2H3. The fourth-order valence-corrected chi connectivity index (χ4v) is 3.92.